The topological polar surface area (TPSA) is 29.5 Å². The average Bonchev–Trinajstić information content (AvgIpc) is 2.23. The molecule has 17 heavy (non-hydrogen) atoms. The lowest BCUT2D eigenvalue weighted by atomic mass is 9.91. The Balaban J connectivity index is 2.81. The molecule has 0 aliphatic rings. The molecule has 0 heterocycles. The maximum atomic E-state index is 10.1. The third-order valence-electron chi connectivity index (χ3n) is 3.34. The zero-order valence-corrected chi connectivity index (χ0v) is 11.6. The number of ether oxygens (including phenoxy) is 1. The Morgan fingerprint density at radius 2 is 1.71 bits per heavy atom. The minimum Gasteiger partial charge on any atom is -0.392 e. The summed E-state index contributed by atoms with van der Waals surface area (Å²) >= 11 is 0. The van der Waals surface area contributed by atoms with Crippen molar-refractivity contribution in [1.29, 1.82) is 0 Å². The number of aryl methyl sites for hydroxylation is 3. The second kappa shape index (κ2) is 6.18. The number of hydrogen-bond donors (Lipinski definition) is 1. The molecule has 0 bridgehead atoms. The maximum absolute atomic E-state index is 10.1. The molecule has 2 unspecified atom stereocenters. The largest absolute Gasteiger partial charge is 0.392 e. The third-order valence-corrected chi connectivity index (χ3v) is 3.34. The third kappa shape index (κ3) is 3.83. The van der Waals surface area contributed by atoms with Gasteiger partial charge in [-0.05, 0) is 43.9 Å². The zero-order chi connectivity index (χ0) is 13.0. The van der Waals surface area contributed by atoms with Gasteiger partial charge in [0, 0.05) is 13.0 Å². The van der Waals surface area contributed by atoms with Crippen LogP contribution in [-0.2, 0) is 11.2 Å². The lowest BCUT2D eigenvalue weighted by molar-refractivity contribution is 0.0573. The van der Waals surface area contributed by atoms with Crippen molar-refractivity contribution in [3.05, 3.63) is 34.4 Å². The van der Waals surface area contributed by atoms with Crippen LogP contribution in [0.2, 0.25) is 0 Å². The summed E-state index contributed by atoms with van der Waals surface area (Å²) < 4.78 is 5.08. The van der Waals surface area contributed by atoms with Crippen LogP contribution in [-0.4, -0.2) is 24.9 Å². The summed E-state index contributed by atoms with van der Waals surface area (Å²) in [7, 11) is 1.67. The minimum atomic E-state index is -0.338. The lowest BCUT2D eigenvalue weighted by Crippen LogP contribution is -2.24. The molecule has 0 aliphatic heterocycles. The first-order chi connectivity index (χ1) is 7.95. The summed E-state index contributed by atoms with van der Waals surface area (Å²) in [6, 6.07) is 4.35. The SMILES string of the molecule is COCC(C)C(O)Cc1c(C)cc(C)cc1C. The summed E-state index contributed by atoms with van der Waals surface area (Å²) in [4.78, 5) is 0. The Kier molecular flexibility index (Phi) is 5.16. The van der Waals surface area contributed by atoms with E-state index in [0.717, 1.165) is 0 Å². The van der Waals surface area contributed by atoms with Gasteiger partial charge in [0.05, 0.1) is 12.7 Å². The maximum Gasteiger partial charge on any atom is 0.0628 e. The summed E-state index contributed by atoms with van der Waals surface area (Å²) in [5, 5.41) is 10.1. The van der Waals surface area contributed by atoms with Crippen molar-refractivity contribution in [3.8, 4) is 0 Å². The van der Waals surface area contributed by atoms with Gasteiger partial charge >= 0.3 is 0 Å². The second-order valence-electron chi connectivity index (χ2n) is 5.08. The van der Waals surface area contributed by atoms with E-state index in [2.05, 4.69) is 32.9 Å². The number of methoxy groups -OCH3 is 1. The summed E-state index contributed by atoms with van der Waals surface area (Å²) in [6.45, 7) is 8.96. The van der Waals surface area contributed by atoms with Crippen molar-refractivity contribution in [1.82, 2.24) is 0 Å². The molecule has 1 aromatic rings. The molecule has 1 N–H and O–H groups in total. The molecule has 1 rings (SSSR count). The van der Waals surface area contributed by atoms with Crippen LogP contribution >= 0.6 is 0 Å². The first kappa shape index (κ1) is 14.2. The smallest absolute Gasteiger partial charge is 0.0628 e. The molecule has 2 atom stereocenters. The number of benzene rings is 1. The van der Waals surface area contributed by atoms with E-state index in [1.807, 2.05) is 6.92 Å². The molecular formula is C15H24O2. The molecule has 2 nitrogen and oxygen atoms in total. The van der Waals surface area contributed by atoms with E-state index in [1.54, 1.807) is 7.11 Å². The predicted molar refractivity (Wildman–Crippen MR) is 71.4 cm³/mol. The first-order valence-electron chi connectivity index (χ1n) is 6.19. The van der Waals surface area contributed by atoms with E-state index in [4.69, 9.17) is 4.74 Å². The highest BCUT2D eigenvalue weighted by Crippen LogP contribution is 2.20. The molecule has 96 valence electrons. The predicted octanol–water partition coefficient (Wildman–Crippen LogP) is 2.80. The second-order valence-corrected chi connectivity index (χ2v) is 5.08. The van der Waals surface area contributed by atoms with Gasteiger partial charge in [-0.15, -0.1) is 0 Å². The van der Waals surface area contributed by atoms with Gasteiger partial charge in [0.15, 0.2) is 0 Å². The molecule has 0 aliphatic carbocycles. The van der Waals surface area contributed by atoms with Crippen molar-refractivity contribution in [3.63, 3.8) is 0 Å². The van der Waals surface area contributed by atoms with Crippen molar-refractivity contribution in [2.75, 3.05) is 13.7 Å². The molecule has 1 aromatic carbocycles. The van der Waals surface area contributed by atoms with Crippen LogP contribution < -0.4 is 0 Å². The molecule has 0 aromatic heterocycles. The molecule has 0 saturated carbocycles. The Labute approximate surface area is 105 Å². The Bertz CT molecular complexity index is 348. The van der Waals surface area contributed by atoms with E-state index < -0.39 is 0 Å². The van der Waals surface area contributed by atoms with E-state index in [1.165, 1.54) is 22.3 Å². The van der Waals surface area contributed by atoms with Gasteiger partial charge in [-0.1, -0.05) is 24.6 Å². The summed E-state index contributed by atoms with van der Waals surface area (Å²) in [5.41, 5.74) is 5.09. The quantitative estimate of drug-likeness (QED) is 0.852. The molecule has 2 heteroatoms. The van der Waals surface area contributed by atoms with Gasteiger partial charge < -0.3 is 9.84 Å². The Morgan fingerprint density at radius 3 is 2.18 bits per heavy atom. The highest BCUT2D eigenvalue weighted by atomic mass is 16.5. The van der Waals surface area contributed by atoms with Crippen LogP contribution in [0.4, 0.5) is 0 Å². The van der Waals surface area contributed by atoms with E-state index >= 15 is 0 Å². The van der Waals surface area contributed by atoms with Gasteiger partial charge in [0.1, 0.15) is 0 Å². The van der Waals surface area contributed by atoms with Crippen LogP contribution in [0.1, 0.15) is 29.2 Å². The van der Waals surface area contributed by atoms with Crippen LogP contribution in [0.5, 0.6) is 0 Å². The minimum absolute atomic E-state index is 0.167. The highest BCUT2D eigenvalue weighted by Gasteiger charge is 2.16. The van der Waals surface area contributed by atoms with Gasteiger partial charge in [-0.2, -0.15) is 0 Å². The van der Waals surface area contributed by atoms with Crippen LogP contribution in [0.3, 0.4) is 0 Å². The molecule has 0 saturated heterocycles. The molecular weight excluding hydrogens is 212 g/mol. The van der Waals surface area contributed by atoms with Crippen molar-refractivity contribution < 1.29 is 9.84 Å². The van der Waals surface area contributed by atoms with Crippen molar-refractivity contribution >= 4 is 0 Å². The zero-order valence-electron chi connectivity index (χ0n) is 11.6. The van der Waals surface area contributed by atoms with E-state index in [0.29, 0.717) is 13.0 Å². The standard InChI is InChI=1S/C15H24O2/c1-10-6-11(2)14(12(3)7-10)8-15(16)13(4)9-17-5/h6-7,13,15-16H,8-9H2,1-5H3. The van der Waals surface area contributed by atoms with Gasteiger partial charge in [0.2, 0.25) is 0 Å². The van der Waals surface area contributed by atoms with Gasteiger partial charge in [-0.25, -0.2) is 0 Å². The molecule has 0 radical (unpaired) electrons. The first-order valence-corrected chi connectivity index (χ1v) is 6.19. The summed E-state index contributed by atoms with van der Waals surface area (Å²) in [5.74, 6) is 0.167. The lowest BCUT2D eigenvalue weighted by Gasteiger charge is -2.20. The monoisotopic (exact) mass is 236 g/mol. The summed E-state index contributed by atoms with van der Waals surface area (Å²) in [6.07, 6.45) is 0.373. The molecule has 0 amide bonds. The van der Waals surface area contributed by atoms with E-state index in [-0.39, 0.29) is 12.0 Å². The number of hydrogen-bond acceptors (Lipinski definition) is 2. The number of aliphatic hydroxyl groups is 1. The van der Waals surface area contributed by atoms with E-state index in [9.17, 15) is 5.11 Å². The molecule has 0 spiro atoms. The normalized spacial score (nSPS) is 14.7. The fraction of sp³-hybridized carbons (Fsp3) is 0.600. The van der Waals surface area contributed by atoms with Gasteiger partial charge in [-0.3, -0.25) is 0 Å². The number of aliphatic hydroxyl groups excluding tert-OH is 1. The fourth-order valence-corrected chi connectivity index (χ4v) is 2.32. The Hall–Kier alpha value is -0.860. The van der Waals surface area contributed by atoms with Crippen molar-refractivity contribution in [2.24, 2.45) is 5.92 Å². The van der Waals surface area contributed by atoms with Crippen molar-refractivity contribution in [2.45, 2.75) is 40.2 Å². The molecule has 0 fully saturated rings. The average molecular weight is 236 g/mol. The van der Waals surface area contributed by atoms with Crippen LogP contribution in [0.25, 0.3) is 0 Å². The highest BCUT2D eigenvalue weighted by molar-refractivity contribution is 5.37. The van der Waals surface area contributed by atoms with Gasteiger partial charge in [0.25, 0.3) is 0 Å². The number of rotatable bonds is 5. The van der Waals surface area contributed by atoms with Crippen LogP contribution in [0.15, 0.2) is 12.1 Å². The van der Waals surface area contributed by atoms with Crippen LogP contribution in [0, 0.1) is 26.7 Å². The fourth-order valence-electron chi connectivity index (χ4n) is 2.32. The Morgan fingerprint density at radius 1 is 1.18 bits per heavy atom.